The number of carbonyl (C=O) groups is 1. The smallest absolute Gasteiger partial charge is 0.259 e. The van der Waals surface area contributed by atoms with E-state index in [0.29, 0.717) is 21.9 Å². The topological polar surface area (TPSA) is 47.6 Å². The summed E-state index contributed by atoms with van der Waals surface area (Å²) in [6.07, 6.45) is 4.45. The number of hydrogen-bond donors (Lipinski definition) is 1. The minimum atomic E-state index is -0.143. The number of halogens is 1. The molecule has 1 aromatic carbocycles. The van der Waals surface area contributed by atoms with E-state index in [1.807, 2.05) is 6.07 Å². The first-order valence-corrected chi connectivity index (χ1v) is 7.75. The van der Waals surface area contributed by atoms with Crippen molar-refractivity contribution in [2.45, 2.75) is 36.6 Å². The van der Waals surface area contributed by atoms with Gasteiger partial charge >= 0.3 is 0 Å². The van der Waals surface area contributed by atoms with Gasteiger partial charge in [-0.15, -0.1) is 0 Å². The maximum Gasteiger partial charge on any atom is 0.259 e. The highest BCUT2D eigenvalue weighted by Gasteiger charge is 2.27. The molecule has 2 rings (SSSR count). The van der Waals surface area contributed by atoms with E-state index in [1.165, 1.54) is 6.42 Å². The number of ether oxygens (including phenoxy) is 2. The molecule has 110 valence electrons. The molecular weight excluding hydrogens is 322 g/mol. The zero-order valence-electron chi connectivity index (χ0n) is 11.8. The van der Waals surface area contributed by atoms with Crippen LogP contribution in [-0.4, -0.2) is 31.0 Å². The lowest BCUT2D eigenvalue weighted by atomic mass is 9.95. The Morgan fingerprint density at radius 2 is 1.80 bits per heavy atom. The standard InChI is InChI=1S/C15H20BrNO3/c1-19-12-8-5-9-13(20-2)14(12)15(18)17-11-7-4-3-6-10(11)16/h5,8-11H,3-4,6-7H2,1-2H3,(H,17,18). The van der Waals surface area contributed by atoms with E-state index < -0.39 is 0 Å². The molecule has 0 aromatic heterocycles. The Balaban J connectivity index is 2.20. The highest BCUT2D eigenvalue weighted by atomic mass is 79.9. The fourth-order valence-electron chi connectivity index (χ4n) is 2.56. The molecule has 1 amide bonds. The summed E-state index contributed by atoms with van der Waals surface area (Å²) in [7, 11) is 3.11. The van der Waals surface area contributed by atoms with E-state index in [0.717, 1.165) is 19.3 Å². The third-order valence-corrected chi connectivity index (χ3v) is 4.75. The maximum absolute atomic E-state index is 12.5. The van der Waals surface area contributed by atoms with Gasteiger partial charge in [-0.05, 0) is 25.0 Å². The molecule has 2 unspecified atom stereocenters. The number of alkyl halides is 1. The van der Waals surface area contributed by atoms with Crippen molar-refractivity contribution in [2.75, 3.05) is 14.2 Å². The van der Waals surface area contributed by atoms with Crippen LogP contribution in [0.15, 0.2) is 18.2 Å². The van der Waals surface area contributed by atoms with Gasteiger partial charge < -0.3 is 14.8 Å². The first-order valence-electron chi connectivity index (χ1n) is 6.83. The molecule has 4 nitrogen and oxygen atoms in total. The molecule has 1 fully saturated rings. The van der Waals surface area contributed by atoms with Crippen molar-refractivity contribution in [1.82, 2.24) is 5.32 Å². The molecule has 1 aliphatic rings. The lowest BCUT2D eigenvalue weighted by Crippen LogP contribution is -2.42. The largest absolute Gasteiger partial charge is 0.496 e. The zero-order valence-corrected chi connectivity index (χ0v) is 13.4. The van der Waals surface area contributed by atoms with Crippen molar-refractivity contribution in [2.24, 2.45) is 0 Å². The summed E-state index contributed by atoms with van der Waals surface area (Å²) in [6, 6.07) is 5.50. The van der Waals surface area contributed by atoms with Crippen molar-refractivity contribution in [3.05, 3.63) is 23.8 Å². The van der Waals surface area contributed by atoms with Gasteiger partial charge in [0.25, 0.3) is 5.91 Å². The van der Waals surface area contributed by atoms with Gasteiger partial charge in [0.1, 0.15) is 17.1 Å². The number of rotatable bonds is 4. The van der Waals surface area contributed by atoms with Gasteiger partial charge in [-0.3, -0.25) is 4.79 Å². The van der Waals surface area contributed by atoms with Gasteiger partial charge in [0, 0.05) is 10.9 Å². The van der Waals surface area contributed by atoms with Crippen LogP contribution in [0.1, 0.15) is 36.0 Å². The first kappa shape index (κ1) is 15.2. The molecular formula is C15H20BrNO3. The predicted molar refractivity (Wildman–Crippen MR) is 82.0 cm³/mol. The van der Waals surface area contributed by atoms with Crippen molar-refractivity contribution in [1.29, 1.82) is 0 Å². The Kier molecular flexibility index (Phi) is 5.29. The second-order valence-corrected chi connectivity index (χ2v) is 6.09. The molecule has 20 heavy (non-hydrogen) atoms. The molecule has 0 saturated heterocycles. The Labute approximate surface area is 128 Å². The average molecular weight is 342 g/mol. The molecule has 0 spiro atoms. The summed E-state index contributed by atoms with van der Waals surface area (Å²) < 4.78 is 10.5. The van der Waals surface area contributed by atoms with Crippen LogP contribution >= 0.6 is 15.9 Å². The van der Waals surface area contributed by atoms with Gasteiger partial charge in [-0.25, -0.2) is 0 Å². The number of carbonyl (C=O) groups excluding carboxylic acids is 1. The zero-order chi connectivity index (χ0) is 14.5. The molecule has 1 aromatic rings. The fourth-order valence-corrected chi connectivity index (χ4v) is 3.28. The first-order chi connectivity index (χ1) is 9.67. The van der Waals surface area contributed by atoms with Crippen LogP contribution in [0.5, 0.6) is 11.5 Å². The predicted octanol–water partition coefficient (Wildman–Crippen LogP) is 3.14. The Morgan fingerprint density at radius 3 is 2.35 bits per heavy atom. The van der Waals surface area contributed by atoms with E-state index in [2.05, 4.69) is 21.2 Å². The van der Waals surface area contributed by atoms with Gasteiger partial charge in [-0.1, -0.05) is 34.8 Å². The van der Waals surface area contributed by atoms with Crippen LogP contribution in [-0.2, 0) is 0 Å². The lowest BCUT2D eigenvalue weighted by molar-refractivity contribution is 0.0923. The molecule has 0 radical (unpaired) electrons. The number of hydrogen-bond acceptors (Lipinski definition) is 3. The summed E-state index contributed by atoms with van der Waals surface area (Å²) in [5.74, 6) is 0.920. The van der Waals surface area contributed by atoms with E-state index in [1.54, 1.807) is 26.4 Å². The monoisotopic (exact) mass is 341 g/mol. The quantitative estimate of drug-likeness (QED) is 0.856. The fraction of sp³-hybridized carbons (Fsp3) is 0.533. The number of methoxy groups -OCH3 is 2. The summed E-state index contributed by atoms with van der Waals surface area (Å²) >= 11 is 3.65. The Bertz CT molecular complexity index is 456. The van der Waals surface area contributed by atoms with Gasteiger partial charge in [0.05, 0.1) is 14.2 Å². The molecule has 1 aliphatic carbocycles. The van der Waals surface area contributed by atoms with Crippen LogP contribution in [0.2, 0.25) is 0 Å². The van der Waals surface area contributed by atoms with Crippen molar-refractivity contribution >= 4 is 21.8 Å². The molecule has 0 aliphatic heterocycles. The minimum absolute atomic E-state index is 0.143. The summed E-state index contributed by atoms with van der Waals surface area (Å²) in [6.45, 7) is 0. The van der Waals surface area contributed by atoms with Gasteiger partial charge in [0.15, 0.2) is 0 Å². The summed E-state index contributed by atoms with van der Waals surface area (Å²) in [4.78, 5) is 12.9. The van der Waals surface area contributed by atoms with E-state index in [9.17, 15) is 4.79 Å². The molecule has 2 atom stereocenters. The molecule has 0 bridgehead atoms. The number of nitrogens with one attached hydrogen (secondary N) is 1. The van der Waals surface area contributed by atoms with Crippen molar-refractivity contribution in [3.8, 4) is 11.5 Å². The van der Waals surface area contributed by atoms with Crippen LogP contribution in [0, 0.1) is 0 Å². The Hall–Kier alpha value is -1.23. The van der Waals surface area contributed by atoms with Crippen LogP contribution in [0.25, 0.3) is 0 Å². The maximum atomic E-state index is 12.5. The third-order valence-electron chi connectivity index (χ3n) is 3.65. The second-order valence-electron chi connectivity index (χ2n) is 4.92. The van der Waals surface area contributed by atoms with Crippen LogP contribution in [0.3, 0.4) is 0 Å². The average Bonchev–Trinajstić information content (AvgIpc) is 2.48. The molecule has 1 saturated carbocycles. The number of amides is 1. The summed E-state index contributed by atoms with van der Waals surface area (Å²) in [5.41, 5.74) is 0.461. The lowest BCUT2D eigenvalue weighted by Gasteiger charge is -2.28. The third kappa shape index (κ3) is 3.26. The van der Waals surface area contributed by atoms with E-state index >= 15 is 0 Å². The normalized spacial score (nSPS) is 22.1. The number of benzene rings is 1. The second kappa shape index (κ2) is 6.97. The van der Waals surface area contributed by atoms with E-state index in [4.69, 9.17) is 9.47 Å². The van der Waals surface area contributed by atoms with Crippen LogP contribution < -0.4 is 14.8 Å². The minimum Gasteiger partial charge on any atom is -0.496 e. The highest BCUT2D eigenvalue weighted by Crippen LogP contribution is 2.30. The molecule has 1 N–H and O–H groups in total. The van der Waals surface area contributed by atoms with Crippen molar-refractivity contribution in [3.63, 3.8) is 0 Å². The van der Waals surface area contributed by atoms with E-state index in [-0.39, 0.29) is 11.9 Å². The molecule has 0 heterocycles. The molecule has 5 heteroatoms. The van der Waals surface area contributed by atoms with Crippen LogP contribution in [0.4, 0.5) is 0 Å². The SMILES string of the molecule is COc1cccc(OC)c1C(=O)NC1CCCCC1Br. The summed E-state index contributed by atoms with van der Waals surface area (Å²) in [5, 5.41) is 3.09. The highest BCUT2D eigenvalue weighted by molar-refractivity contribution is 9.09. The van der Waals surface area contributed by atoms with Crippen molar-refractivity contribution < 1.29 is 14.3 Å². The van der Waals surface area contributed by atoms with Gasteiger partial charge in [0.2, 0.25) is 0 Å². The van der Waals surface area contributed by atoms with Gasteiger partial charge in [-0.2, -0.15) is 0 Å². The Morgan fingerprint density at radius 1 is 1.20 bits per heavy atom.